The van der Waals surface area contributed by atoms with Gasteiger partial charge in [0.1, 0.15) is 0 Å². The van der Waals surface area contributed by atoms with Gasteiger partial charge in [0, 0.05) is 6.04 Å². The van der Waals surface area contributed by atoms with Crippen molar-refractivity contribution >= 4 is 0 Å². The molecule has 0 bridgehead atoms. The third-order valence-electron chi connectivity index (χ3n) is 3.17. The quantitative estimate of drug-likeness (QED) is 0.624. The van der Waals surface area contributed by atoms with Crippen LogP contribution in [0.15, 0.2) is 0 Å². The van der Waals surface area contributed by atoms with Crippen LogP contribution in [0, 0.1) is 11.3 Å². The molecule has 1 unspecified atom stereocenters. The van der Waals surface area contributed by atoms with Crippen molar-refractivity contribution < 1.29 is 0 Å². The number of rotatable bonds is 7. The fraction of sp³-hybridized carbons (Fsp3) is 1.00. The first-order valence-corrected chi connectivity index (χ1v) is 6.55. The molecular weight excluding hydrogens is 182 g/mol. The standard InChI is InChI=1S/C14H31N/c1-12(2)10-8-7-9-11-13(15-6)14(3,4)5/h12-13,15H,7-11H2,1-6H3. The summed E-state index contributed by atoms with van der Waals surface area (Å²) >= 11 is 0. The zero-order chi connectivity index (χ0) is 11.9. The van der Waals surface area contributed by atoms with Gasteiger partial charge in [0.2, 0.25) is 0 Å². The highest BCUT2D eigenvalue weighted by atomic mass is 14.9. The van der Waals surface area contributed by atoms with Crippen LogP contribution in [-0.4, -0.2) is 13.1 Å². The van der Waals surface area contributed by atoms with Gasteiger partial charge in [-0.2, -0.15) is 0 Å². The molecule has 0 rings (SSSR count). The summed E-state index contributed by atoms with van der Waals surface area (Å²) in [6.07, 6.45) is 6.87. The van der Waals surface area contributed by atoms with E-state index in [1.807, 2.05) is 0 Å². The zero-order valence-electron chi connectivity index (χ0n) is 11.7. The van der Waals surface area contributed by atoms with Gasteiger partial charge in [0.05, 0.1) is 0 Å². The summed E-state index contributed by atoms with van der Waals surface area (Å²) in [5, 5.41) is 3.44. The van der Waals surface area contributed by atoms with Crippen molar-refractivity contribution in [1.29, 1.82) is 0 Å². The molecule has 15 heavy (non-hydrogen) atoms. The Balaban J connectivity index is 3.56. The Bertz CT molecular complexity index is 144. The predicted octanol–water partition coefficient (Wildman–Crippen LogP) is 4.23. The second-order valence-electron chi connectivity index (χ2n) is 6.24. The van der Waals surface area contributed by atoms with Gasteiger partial charge in [-0.25, -0.2) is 0 Å². The number of hydrogen-bond donors (Lipinski definition) is 1. The molecule has 0 radical (unpaired) electrons. The van der Waals surface area contributed by atoms with Gasteiger partial charge in [0.15, 0.2) is 0 Å². The fourth-order valence-corrected chi connectivity index (χ4v) is 2.09. The Morgan fingerprint density at radius 3 is 1.87 bits per heavy atom. The predicted molar refractivity (Wildman–Crippen MR) is 70.2 cm³/mol. The lowest BCUT2D eigenvalue weighted by atomic mass is 9.83. The highest BCUT2D eigenvalue weighted by Crippen LogP contribution is 2.23. The van der Waals surface area contributed by atoms with Crippen molar-refractivity contribution in [2.24, 2.45) is 11.3 Å². The summed E-state index contributed by atoms with van der Waals surface area (Å²) in [5.74, 6) is 0.868. The summed E-state index contributed by atoms with van der Waals surface area (Å²) in [7, 11) is 2.09. The zero-order valence-corrected chi connectivity index (χ0v) is 11.7. The minimum Gasteiger partial charge on any atom is -0.316 e. The van der Waals surface area contributed by atoms with E-state index in [0.29, 0.717) is 11.5 Å². The molecule has 1 nitrogen and oxygen atoms in total. The Morgan fingerprint density at radius 2 is 1.47 bits per heavy atom. The molecule has 92 valence electrons. The van der Waals surface area contributed by atoms with Gasteiger partial charge in [0.25, 0.3) is 0 Å². The molecule has 0 aliphatic carbocycles. The first-order chi connectivity index (χ1) is 6.88. The third-order valence-corrected chi connectivity index (χ3v) is 3.17. The maximum Gasteiger partial charge on any atom is 0.0113 e. The summed E-state index contributed by atoms with van der Waals surface area (Å²) in [4.78, 5) is 0. The third kappa shape index (κ3) is 7.84. The largest absolute Gasteiger partial charge is 0.316 e. The first-order valence-electron chi connectivity index (χ1n) is 6.55. The van der Waals surface area contributed by atoms with Crippen LogP contribution in [0.4, 0.5) is 0 Å². The number of unbranched alkanes of at least 4 members (excludes halogenated alkanes) is 2. The van der Waals surface area contributed by atoms with E-state index < -0.39 is 0 Å². The van der Waals surface area contributed by atoms with Crippen LogP contribution in [0.25, 0.3) is 0 Å². The number of nitrogens with one attached hydrogen (secondary N) is 1. The number of hydrogen-bond acceptors (Lipinski definition) is 1. The molecule has 0 aromatic rings. The minimum atomic E-state index is 0.396. The molecule has 0 saturated carbocycles. The fourth-order valence-electron chi connectivity index (χ4n) is 2.09. The molecule has 0 amide bonds. The van der Waals surface area contributed by atoms with E-state index in [4.69, 9.17) is 0 Å². The first kappa shape index (κ1) is 15.0. The van der Waals surface area contributed by atoms with Crippen molar-refractivity contribution in [3.63, 3.8) is 0 Å². The van der Waals surface area contributed by atoms with Crippen molar-refractivity contribution in [3.05, 3.63) is 0 Å². The maximum atomic E-state index is 3.44. The summed E-state index contributed by atoms with van der Waals surface area (Å²) < 4.78 is 0. The second kappa shape index (κ2) is 7.27. The van der Waals surface area contributed by atoms with Crippen LogP contribution in [0.2, 0.25) is 0 Å². The lowest BCUT2D eigenvalue weighted by Crippen LogP contribution is -2.37. The Kier molecular flexibility index (Phi) is 7.25. The minimum absolute atomic E-state index is 0.396. The van der Waals surface area contributed by atoms with Crippen molar-refractivity contribution in [3.8, 4) is 0 Å². The van der Waals surface area contributed by atoms with Crippen LogP contribution in [0.1, 0.15) is 66.7 Å². The molecule has 0 fully saturated rings. The monoisotopic (exact) mass is 213 g/mol. The van der Waals surface area contributed by atoms with Crippen molar-refractivity contribution in [2.45, 2.75) is 72.8 Å². The SMILES string of the molecule is CNC(CCCCCC(C)C)C(C)(C)C. The maximum absolute atomic E-state index is 3.44. The van der Waals surface area contributed by atoms with Crippen LogP contribution < -0.4 is 5.32 Å². The van der Waals surface area contributed by atoms with Crippen LogP contribution in [0.3, 0.4) is 0 Å². The van der Waals surface area contributed by atoms with E-state index in [-0.39, 0.29) is 0 Å². The van der Waals surface area contributed by atoms with E-state index in [0.717, 1.165) is 5.92 Å². The van der Waals surface area contributed by atoms with Gasteiger partial charge in [-0.15, -0.1) is 0 Å². The summed E-state index contributed by atoms with van der Waals surface area (Å²) in [5.41, 5.74) is 0.396. The second-order valence-corrected chi connectivity index (χ2v) is 6.24. The molecule has 0 spiro atoms. The molecule has 0 aromatic heterocycles. The Labute approximate surface area is 97.0 Å². The van der Waals surface area contributed by atoms with Crippen LogP contribution in [-0.2, 0) is 0 Å². The molecule has 0 aromatic carbocycles. The molecule has 1 N–H and O–H groups in total. The molecule has 0 heterocycles. The molecule has 0 aliphatic rings. The smallest absolute Gasteiger partial charge is 0.0113 e. The molecule has 0 saturated heterocycles. The van der Waals surface area contributed by atoms with E-state index in [2.05, 4.69) is 47.0 Å². The van der Waals surface area contributed by atoms with Crippen LogP contribution >= 0.6 is 0 Å². The summed E-state index contributed by atoms with van der Waals surface area (Å²) in [6.45, 7) is 11.6. The molecule has 1 atom stereocenters. The van der Waals surface area contributed by atoms with Gasteiger partial charge in [-0.05, 0) is 24.8 Å². The molecular formula is C14H31N. The Hall–Kier alpha value is -0.0400. The molecule has 0 aliphatic heterocycles. The normalized spacial score (nSPS) is 14.6. The lowest BCUT2D eigenvalue weighted by Gasteiger charge is -2.30. The van der Waals surface area contributed by atoms with Gasteiger partial charge >= 0.3 is 0 Å². The average Bonchev–Trinajstić information content (AvgIpc) is 2.08. The van der Waals surface area contributed by atoms with E-state index in [9.17, 15) is 0 Å². The summed E-state index contributed by atoms with van der Waals surface area (Å²) in [6, 6.07) is 0.663. The van der Waals surface area contributed by atoms with E-state index in [1.165, 1.54) is 32.1 Å². The van der Waals surface area contributed by atoms with E-state index >= 15 is 0 Å². The van der Waals surface area contributed by atoms with E-state index in [1.54, 1.807) is 0 Å². The van der Waals surface area contributed by atoms with Crippen molar-refractivity contribution in [1.82, 2.24) is 5.32 Å². The molecule has 1 heteroatoms. The van der Waals surface area contributed by atoms with Gasteiger partial charge < -0.3 is 5.32 Å². The highest BCUT2D eigenvalue weighted by Gasteiger charge is 2.21. The topological polar surface area (TPSA) is 12.0 Å². The highest BCUT2D eigenvalue weighted by molar-refractivity contribution is 4.78. The Morgan fingerprint density at radius 1 is 0.933 bits per heavy atom. The van der Waals surface area contributed by atoms with Crippen LogP contribution in [0.5, 0.6) is 0 Å². The van der Waals surface area contributed by atoms with Gasteiger partial charge in [-0.3, -0.25) is 0 Å². The van der Waals surface area contributed by atoms with Gasteiger partial charge in [-0.1, -0.05) is 60.3 Å². The lowest BCUT2D eigenvalue weighted by molar-refractivity contribution is 0.261. The average molecular weight is 213 g/mol. The van der Waals surface area contributed by atoms with Crippen molar-refractivity contribution in [2.75, 3.05) is 7.05 Å².